The highest BCUT2D eigenvalue weighted by atomic mass is 16.2. The molecule has 4 saturated carbocycles. The lowest BCUT2D eigenvalue weighted by Gasteiger charge is -2.55. The monoisotopic (exact) mass is 380 g/mol. The molecule has 0 heterocycles. The van der Waals surface area contributed by atoms with Crippen molar-refractivity contribution in [3.05, 3.63) is 35.4 Å². The fourth-order valence-electron chi connectivity index (χ4n) is 7.04. The Kier molecular flexibility index (Phi) is 4.68. The fraction of sp³-hybridized carbons (Fsp3) is 0.667. The number of hydrogen-bond acceptors (Lipinski definition) is 2. The van der Waals surface area contributed by atoms with Gasteiger partial charge in [0.2, 0.25) is 11.8 Å². The van der Waals surface area contributed by atoms with Crippen molar-refractivity contribution in [2.24, 2.45) is 23.2 Å². The van der Waals surface area contributed by atoms with Crippen molar-refractivity contribution >= 4 is 11.8 Å². The summed E-state index contributed by atoms with van der Waals surface area (Å²) < 4.78 is 0. The number of carbonyl (C=O) groups is 2. The van der Waals surface area contributed by atoms with E-state index in [2.05, 4.69) is 34.9 Å². The third kappa shape index (κ3) is 3.35. The molecule has 2 N–H and O–H groups in total. The Bertz CT molecular complexity index is 736. The average molecular weight is 381 g/mol. The summed E-state index contributed by atoms with van der Waals surface area (Å²) in [5.74, 6) is 2.58. The number of aryl methyl sites for hydroxylation is 1. The van der Waals surface area contributed by atoms with Gasteiger partial charge in [0, 0.05) is 18.4 Å². The van der Waals surface area contributed by atoms with Crippen LogP contribution in [0.25, 0.3) is 0 Å². The first kappa shape index (κ1) is 18.2. The van der Waals surface area contributed by atoms with Gasteiger partial charge in [-0.15, -0.1) is 0 Å². The molecule has 4 heteroatoms. The lowest BCUT2D eigenvalue weighted by Crippen LogP contribution is -2.53. The molecule has 1 atom stereocenters. The second-order valence-corrected chi connectivity index (χ2v) is 9.91. The zero-order valence-electron chi connectivity index (χ0n) is 16.7. The summed E-state index contributed by atoms with van der Waals surface area (Å²) in [7, 11) is 0. The first-order valence-corrected chi connectivity index (χ1v) is 11.3. The highest BCUT2D eigenvalue weighted by Crippen LogP contribution is 2.60. The summed E-state index contributed by atoms with van der Waals surface area (Å²) in [6.07, 6.45) is 10.9. The van der Waals surface area contributed by atoms with Gasteiger partial charge in [0.1, 0.15) is 0 Å². The number of nitrogens with one attached hydrogen (secondary N) is 2. The van der Waals surface area contributed by atoms with E-state index in [0.717, 1.165) is 56.3 Å². The van der Waals surface area contributed by atoms with E-state index in [1.807, 2.05) is 0 Å². The molecule has 0 unspecified atom stereocenters. The Labute approximate surface area is 167 Å². The van der Waals surface area contributed by atoms with Crippen molar-refractivity contribution in [1.29, 1.82) is 0 Å². The Morgan fingerprint density at radius 3 is 2.39 bits per heavy atom. The Balaban J connectivity index is 1.13. The topological polar surface area (TPSA) is 58.2 Å². The van der Waals surface area contributed by atoms with Crippen molar-refractivity contribution in [3.8, 4) is 0 Å². The minimum absolute atomic E-state index is 0.0486. The average Bonchev–Trinajstić information content (AvgIpc) is 2.67. The molecule has 6 rings (SSSR count). The second-order valence-electron chi connectivity index (χ2n) is 9.91. The van der Waals surface area contributed by atoms with E-state index in [1.165, 1.54) is 30.4 Å². The van der Waals surface area contributed by atoms with Gasteiger partial charge in [0.05, 0.1) is 6.04 Å². The van der Waals surface area contributed by atoms with Crippen molar-refractivity contribution in [1.82, 2.24) is 10.6 Å². The van der Waals surface area contributed by atoms with Gasteiger partial charge in [-0.3, -0.25) is 9.59 Å². The molecule has 5 aliphatic rings. The summed E-state index contributed by atoms with van der Waals surface area (Å²) in [6.45, 7) is 0.459. The second kappa shape index (κ2) is 7.20. The van der Waals surface area contributed by atoms with Crippen LogP contribution in [0.15, 0.2) is 24.3 Å². The van der Waals surface area contributed by atoms with E-state index in [4.69, 9.17) is 0 Å². The summed E-state index contributed by atoms with van der Waals surface area (Å²) in [5.41, 5.74) is 2.50. The van der Waals surface area contributed by atoms with E-state index in [-0.39, 0.29) is 23.3 Å². The quantitative estimate of drug-likeness (QED) is 0.814. The van der Waals surface area contributed by atoms with Crippen LogP contribution >= 0.6 is 0 Å². The summed E-state index contributed by atoms with van der Waals surface area (Å²) in [5, 5.41) is 6.32. The van der Waals surface area contributed by atoms with E-state index < -0.39 is 0 Å². The van der Waals surface area contributed by atoms with E-state index >= 15 is 0 Å². The zero-order chi connectivity index (χ0) is 19.1. The third-order valence-corrected chi connectivity index (χ3v) is 7.86. The minimum atomic E-state index is -0.118. The van der Waals surface area contributed by atoms with Crippen LogP contribution in [0.5, 0.6) is 0 Å². The Hall–Kier alpha value is -1.84. The third-order valence-electron chi connectivity index (χ3n) is 7.86. The molecule has 28 heavy (non-hydrogen) atoms. The van der Waals surface area contributed by atoms with Gasteiger partial charge in [-0.2, -0.15) is 0 Å². The molecular weight excluding hydrogens is 348 g/mol. The smallest absolute Gasteiger partial charge is 0.226 e. The van der Waals surface area contributed by atoms with Crippen molar-refractivity contribution in [3.63, 3.8) is 0 Å². The normalized spacial score (nSPS) is 35.3. The highest BCUT2D eigenvalue weighted by Gasteiger charge is 2.54. The molecule has 0 aromatic heterocycles. The summed E-state index contributed by atoms with van der Waals surface area (Å²) in [4.78, 5) is 25.5. The number of carbonyl (C=O) groups excluding carboxylic acids is 2. The molecule has 4 fully saturated rings. The summed E-state index contributed by atoms with van der Waals surface area (Å²) in [6, 6.07) is 8.54. The van der Waals surface area contributed by atoms with Crippen molar-refractivity contribution < 1.29 is 9.59 Å². The molecule has 1 aromatic rings. The number of rotatable bonds is 5. The zero-order valence-corrected chi connectivity index (χ0v) is 16.7. The number of benzene rings is 1. The van der Waals surface area contributed by atoms with Crippen LogP contribution in [0.3, 0.4) is 0 Å². The molecular formula is C24H32N2O2. The summed E-state index contributed by atoms with van der Waals surface area (Å²) >= 11 is 0. The van der Waals surface area contributed by atoms with Crippen molar-refractivity contribution in [2.45, 2.75) is 70.3 Å². The number of hydrogen-bond donors (Lipinski definition) is 2. The van der Waals surface area contributed by atoms with Crippen LogP contribution in [0.4, 0.5) is 0 Å². The molecule has 4 nitrogen and oxygen atoms in total. The van der Waals surface area contributed by atoms with E-state index in [1.54, 1.807) is 0 Å². The molecule has 150 valence electrons. The van der Waals surface area contributed by atoms with Crippen LogP contribution in [0.2, 0.25) is 0 Å². The largest absolute Gasteiger partial charge is 0.355 e. The number of fused-ring (bicyclic) bond motifs is 1. The standard InChI is InChI=1S/C24H32N2O2/c27-22(26-21-7-3-5-19-4-1-2-6-20(19)21)8-9-25-23(28)24-13-16-10-17(14-24)12-18(11-16)15-24/h1-2,4,6,16-18,21H,3,5,7-15H2,(H,25,28)(H,26,27)/t16?,17?,18?,21-,24?/m0/s1. The van der Waals surface area contributed by atoms with E-state index in [0.29, 0.717) is 13.0 Å². The predicted octanol–water partition coefficient (Wildman–Crippen LogP) is 3.90. The molecule has 0 spiro atoms. The van der Waals surface area contributed by atoms with Crippen LogP contribution in [0.1, 0.15) is 75.0 Å². The van der Waals surface area contributed by atoms with E-state index in [9.17, 15) is 9.59 Å². The van der Waals surface area contributed by atoms with Gasteiger partial charge >= 0.3 is 0 Å². The van der Waals surface area contributed by atoms with Gasteiger partial charge in [0.15, 0.2) is 0 Å². The van der Waals surface area contributed by atoms with Gasteiger partial charge < -0.3 is 10.6 Å². The molecule has 0 saturated heterocycles. The Morgan fingerprint density at radius 1 is 1.00 bits per heavy atom. The van der Waals surface area contributed by atoms with Crippen molar-refractivity contribution in [2.75, 3.05) is 6.54 Å². The first-order valence-electron chi connectivity index (χ1n) is 11.3. The maximum atomic E-state index is 13.0. The number of amides is 2. The highest BCUT2D eigenvalue weighted by molar-refractivity contribution is 5.84. The van der Waals surface area contributed by atoms with Crippen LogP contribution < -0.4 is 10.6 Å². The molecule has 0 radical (unpaired) electrons. The maximum absolute atomic E-state index is 13.0. The van der Waals surface area contributed by atoms with Crippen LogP contribution in [-0.2, 0) is 16.0 Å². The lowest BCUT2D eigenvalue weighted by atomic mass is 9.49. The van der Waals surface area contributed by atoms with Crippen LogP contribution in [0, 0.1) is 23.2 Å². The molecule has 1 aromatic carbocycles. The molecule has 4 bridgehead atoms. The van der Waals surface area contributed by atoms with Gasteiger partial charge in [0.25, 0.3) is 0 Å². The minimum Gasteiger partial charge on any atom is -0.355 e. The molecule has 0 aliphatic heterocycles. The Morgan fingerprint density at radius 2 is 1.68 bits per heavy atom. The predicted molar refractivity (Wildman–Crippen MR) is 108 cm³/mol. The van der Waals surface area contributed by atoms with Gasteiger partial charge in [-0.25, -0.2) is 0 Å². The van der Waals surface area contributed by atoms with Gasteiger partial charge in [-0.05, 0) is 86.7 Å². The molecule has 5 aliphatic carbocycles. The van der Waals surface area contributed by atoms with Crippen LogP contribution in [-0.4, -0.2) is 18.4 Å². The molecule has 2 amide bonds. The lowest BCUT2D eigenvalue weighted by molar-refractivity contribution is -0.146. The first-order chi connectivity index (χ1) is 13.6. The van der Waals surface area contributed by atoms with Gasteiger partial charge in [-0.1, -0.05) is 24.3 Å². The SMILES string of the molecule is O=C(CCNC(=O)C12CC3CC(CC(C3)C1)C2)N[C@H]1CCCc2ccccc21. The fourth-order valence-corrected chi connectivity index (χ4v) is 7.04. The maximum Gasteiger partial charge on any atom is 0.226 e.